The van der Waals surface area contributed by atoms with Crippen LogP contribution in [0.15, 0.2) is 6.20 Å². The number of ether oxygens (including phenoxy) is 1. The van der Waals surface area contributed by atoms with E-state index in [0.717, 1.165) is 25.3 Å². The van der Waals surface area contributed by atoms with Gasteiger partial charge in [-0.25, -0.2) is 0 Å². The van der Waals surface area contributed by atoms with Gasteiger partial charge in [-0.2, -0.15) is 5.10 Å². The van der Waals surface area contributed by atoms with Crippen LogP contribution in [0.25, 0.3) is 0 Å². The molecular weight excluding hydrogens is 252 g/mol. The lowest BCUT2D eigenvalue weighted by atomic mass is 10.2. The maximum absolute atomic E-state index is 6.23. The second kappa shape index (κ2) is 7.74. The lowest BCUT2D eigenvalue weighted by Gasteiger charge is -2.20. The first-order chi connectivity index (χ1) is 8.60. The number of halogens is 1. The largest absolute Gasteiger partial charge is 0.383 e. The molecule has 0 aliphatic rings. The van der Waals surface area contributed by atoms with E-state index >= 15 is 0 Å². The normalized spacial score (nSPS) is 13.2. The molecule has 1 aromatic heterocycles. The van der Waals surface area contributed by atoms with Crippen LogP contribution in [0.4, 0.5) is 0 Å². The van der Waals surface area contributed by atoms with Gasteiger partial charge in [0, 0.05) is 13.7 Å². The fourth-order valence-corrected chi connectivity index (χ4v) is 2.11. The molecule has 0 bridgehead atoms. The Morgan fingerprint density at radius 1 is 1.56 bits per heavy atom. The molecule has 0 aliphatic carbocycles. The highest BCUT2D eigenvalue weighted by molar-refractivity contribution is 6.31. The zero-order chi connectivity index (χ0) is 13.5. The smallest absolute Gasteiger partial charge is 0.0835 e. The number of nitrogens with one attached hydrogen (secondary N) is 1. The van der Waals surface area contributed by atoms with Crippen LogP contribution in [0, 0.1) is 0 Å². The summed E-state index contributed by atoms with van der Waals surface area (Å²) in [6, 6.07) is 0.0807. The highest BCUT2D eigenvalue weighted by Crippen LogP contribution is 2.23. The van der Waals surface area contributed by atoms with Crippen LogP contribution in [-0.4, -0.2) is 55.6 Å². The number of methoxy groups -OCH3 is 1. The van der Waals surface area contributed by atoms with Crippen molar-refractivity contribution in [2.24, 2.45) is 0 Å². The van der Waals surface area contributed by atoms with Gasteiger partial charge < -0.3 is 15.0 Å². The second-order valence-electron chi connectivity index (χ2n) is 4.47. The van der Waals surface area contributed by atoms with Crippen molar-refractivity contribution < 1.29 is 4.74 Å². The highest BCUT2D eigenvalue weighted by Gasteiger charge is 2.19. The van der Waals surface area contributed by atoms with Gasteiger partial charge in [-0.1, -0.05) is 18.5 Å². The molecule has 0 radical (unpaired) electrons. The van der Waals surface area contributed by atoms with Crippen LogP contribution in [0.1, 0.15) is 18.7 Å². The summed E-state index contributed by atoms with van der Waals surface area (Å²) in [5.74, 6) is 0. The van der Waals surface area contributed by atoms with Crippen molar-refractivity contribution in [3.8, 4) is 0 Å². The Bertz CT molecular complexity index is 348. The summed E-state index contributed by atoms with van der Waals surface area (Å²) in [5, 5.41) is 8.40. The van der Waals surface area contributed by atoms with E-state index in [9.17, 15) is 0 Å². The molecule has 1 unspecified atom stereocenters. The van der Waals surface area contributed by atoms with E-state index in [1.54, 1.807) is 13.3 Å². The maximum atomic E-state index is 6.23. The number of nitrogens with zero attached hydrogens (tertiary/aromatic N) is 3. The van der Waals surface area contributed by atoms with Gasteiger partial charge in [0.15, 0.2) is 0 Å². The van der Waals surface area contributed by atoms with E-state index in [-0.39, 0.29) is 6.04 Å². The van der Waals surface area contributed by atoms with Gasteiger partial charge >= 0.3 is 0 Å². The number of likely N-dealkylation sites (N-methyl/N-ethyl adjacent to an activating group) is 2. The first kappa shape index (κ1) is 15.4. The van der Waals surface area contributed by atoms with Crippen molar-refractivity contribution in [1.29, 1.82) is 0 Å². The third-order valence-electron chi connectivity index (χ3n) is 2.71. The zero-order valence-electron chi connectivity index (χ0n) is 11.6. The summed E-state index contributed by atoms with van der Waals surface area (Å²) in [6.45, 7) is 5.26. The van der Waals surface area contributed by atoms with Crippen LogP contribution >= 0.6 is 11.6 Å². The minimum Gasteiger partial charge on any atom is -0.383 e. The molecular formula is C12H23ClN4O. The molecule has 0 spiro atoms. The zero-order valence-corrected chi connectivity index (χ0v) is 12.4. The molecule has 18 heavy (non-hydrogen) atoms. The molecule has 0 amide bonds. The molecule has 0 aliphatic heterocycles. The molecule has 6 heteroatoms. The lowest BCUT2D eigenvalue weighted by Crippen LogP contribution is -2.29. The molecule has 1 rings (SSSR count). The third kappa shape index (κ3) is 4.24. The second-order valence-corrected chi connectivity index (χ2v) is 4.88. The molecule has 1 atom stereocenters. The first-order valence-corrected chi connectivity index (χ1v) is 6.56. The Balaban J connectivity index is 2.85. The Morgan fingerprint density at radius 2 is 2.28 bits per heavy atom. The maximum Gasteiger partial charge on any atom is 0.0835 e. The molecule has 1 N–H and O–H groups in total. The molecule has 0 saturated heterocycles. The van der Waals surface area contributed by atoms with Crippen LogP contribution in [0.3, 0.4) is 0 Å². The Labute approximate surface area is 114 Å². The Hall–Kier alpha value is -0.620. The summed E-state index contributed by atoms with van der Waals surface area (Å²) >= 11 is 6.23. The molecule has 104 valence electrons. The Kier molecular flexibility index (Phi) is 6.63. The fourth-order valence-electron chi connectivity index (χ4n) is 1.84. The van der Waals surface area contributed by atoms with Gasteiger partial charge in [0.25, 0.3) is 0 Å². The van der Waals surface area contributed by atoms with Gasteiger partial charge in [-0.05, 0) is 20.6 Å². The predicted molar refractivity (Wildman–Crippen MR) is 74.1 cm³/mol. The SMILES string of the molecule is CCNC(COC)c1c(Cl)cnn1CCN(C)C. The monoisotopic (exact) mass is 274 g/mol. The van der Waals surface area contributed by atoms with E-state index in [1.807, 2.05) is 18.8 Å². The minimum atomic E-state index is 0.0807. The molecule has 0 saturated carbocycles. The van der Waals surface area contributed by atoms with Gasteiger partial charge in [-0.3, -0.25) is 4.68 Å². The van der Waals surface area contributed by atoms with Crippen LogP contribution in [0.2, 0.25) is 5.02 Å². The Morgan fingerprint density at radius 3 is 2.83 bits per heavy atom. The minimum absolute atomic E-state index is 0.0807. The van der Waals surface area contributed by atoms with Gasteiger partial charge in [0.1, 0.15) is 0 Å². The van der Waals surface area contributed by atoms with Crippen LogP contribution < -0.4 is 5.32 Å². The highest BCUT2D eigenvalue weighted by atomic mass is 35.5. The van der Waals surface area contributed by atoms with Crippen molar-refractivity contribution in [3.05, 3.63) is 16.9 Å². The molecule has 0 fully saturated rings. The molecule has 5 nitrogen and oxygen atoms in total. The third-order valence-corrected chi connectivity index (χ3v) is 3.00. The van der Waals surface area contributed by atoms with Gasteiger partial charge in [0.2, 0.25) is 0 Å². The van der Waals surface area contributed by atoms with E-state index in [1.165, 1.54) is 0 Å². The summed E-state index contributed by atoms with van der Waals surface area (Å²) < 4.78 is 7.20. The van der Waals surface area contributed by atoms with Crippen molar-refractivity contribution in [2.45, 2.75) is 19.5 Å². The van der Waals surface area contributed by atoms with E-state index in [4.69, 9.17) is 16.3 Å². The summed E-state index contributed by atoms with van der Waals surface area (Å²) in [4.78, 5) is 2.12. The number of hydrogen-bond acceptors (Lipinski definition) is 4. The van der Waals surface area contributed by atoms with Crippen molar-refractivity contribution in [1.82, 2.24) is 20.0 Å². The lowest BCUT2D eigenvalue weighted by molar-refractivity contribution is 0.163. The van der Waals surface area contributed by atoms with Gasteiger partial charge in [-0.15, -0.1) is 0 Å². The quantitative estimate of drug-likeness (QED) is 0.778. The van der Waals surface area contributed by atoms with E-state index in [0.29, 0.717) is 11.6 Å². The van der Waals surface area contributed by atoms with E-state index < -0.39 is 0 Å². The van der Waals surface area contributed by atoms with Crippen LogP contribution in [0.5, 0.6) is 0 Å². The van der Waals surface area contributed by atoms with Crippen molar-refractivity contribution in [2.75, 3.05) is 40.9 Å². The summed E-state index contributed by atoms with van der Waals surface area (Å²) in [7, 11) is 5.78. The first-order valence-electron chi connectivity index (χ1n) is 6.18. The molecule has 1 aromatic rings. The number of rotatable bonds is 8. The fraction of sp³-hybridized carbons (Fsp3) is 0.750. The number of aromatic nitrogens is 2. The number of hydrogen-bond donors (Lipinski definition) is 1. The summed E-state index contributed by atoms with van der Waals surface area (Å²) in [6.07, 6.45) is 1.70. The van der Waals surface area contributed by atoms with Crippen LogP contribution in [-0.2, 0) is 11.3 Å². The topological polar surface area (TPSA) is 42.3 Å². The average molecular weight is 275 g/mol. The van der Waals surface area contributed by atoms with Crippen molar-refractivity contribution >= 4 is 11.6 Å². The average Bonchev–Trinajstić information content (AvgIpc) is 2.67. The molecule has 1 heterocycles. The van der Waals surface area contributed by atoms with E-state index in [2.05, 4.69) is 22.2 Å². The standard InChI is InChI=1S/C12H23ClN4O/c1-5-14-11(9-18-4)12-10(13)8-15-17(12)7-6-16(2)3/h8,11,14H,5-7,9H2,1-4H3. The molecule has 0 aromatic carbocycles. The van der Waals surface area contributed by atoms with Gasteiger partial charge in [0.05, 0.1) is 36.1 Å². The van der Waals surface area contributed by atoms with Crippen molar-refractivity contribution in [3.63, 3.8) is 0 Å². The predicted octanol–water partition coefficient (Wildman–Crippen LogP) is 1.40. The summed E-state index contributed by atoms with van der Waals surface area (Å²) in [5.41, 5.74) is 1.00.